The Morgan fingerprint density at radius 3 is 2.62 bits per heavy atom. The van der Waals surface area contributed by atoms with Crippen molar-refractivity contribution in [3.8, 4) is 0 Å². The maximum absolute atomic E-state index is 12.1. The lowest BCUT2D eigenvalue weighted by Crippen LogP contribution is -2.32. The third-order valence-electron chi connectivity index (χ3n) is 2.85. The summed E-state index contributed by atoms with van der Waals surface area (Å²) < 4.78 is 0. The van der Waals surface area contributed by atoms with Gasteiger partial charge in [-0.1, -0.05) is 13.8 Å². The van der Waals surface area contributed by atoms with Crippen molar-refractivity contribution in [2.24, 2.45) is 5.92 Å². The van der Waals surface area contributed by atoms with E-state index in [0.717, 1.165) is 18.5 Å². The lowest BCUT2D eigenvalue weighted by atomic mass is 10.0. The molecule has 0 aliphatic carbocycles. The molecule has 2 N–H and O–H groups in total. The molecule has 88 valence electrons. The Bertz CT molecular complexity index is 361. The summed E-state index contributed by atoms with van der Waals surface area (Å²) in [5.41, 5.74) is 7.05. The number of nitrogens with zero attached hydrogens (tertiary/aromatic N) is 2. The first-order valence-electron chi connectivity index (χ1n) is 5.58. The van der Waals surface area contributed by atoms with E-state index in [1.807, 2.05) is 13.8 Å². The minimum Gasteiger partial charge on any atom is -0.396 e. The topological polar surface area (TPSA) is 59.2 Å². The van der Waals surface area contributed by atoms with Gasteiger partial charge in [0, 0.05) is 19.2 Å². The number of nitrogen functional groups attached to an aromatic ring is 1. The molecule has 0 fully saturated rings. The second-order valence-electron chi connectivity index (χ2n) is 3.85. The molecule has 0 saturated heterocycles. The average molecular weight is 221 g/mol. The van der Waals surface area contributed by atoms with Crippen LogP contribution in [0, 0.1) is 5.92 Å². The fraction of sp³-hybridized carbons (Fsp3) is 0.500. The van der Waals surface area contributed by atoms with Crippen molar-refractivity contribution < 1.29 is 4.79 Å². The summed E-state index contributed by atoms with van der Waals surface area (Å²) in [6, 6.07) is 1.76. The summed E-state index contributed by atoms with van der Waals surface area (Å²) >= 11 is 0. The Kier molecular flexibility index (Phi) is 4.28. The summed E-state index contributed by atoms with van der Waals surface area (Å²) in [4.78, 5) is 17.6. The highest BCUT2D eigenvalue weighted by Crippen LogP contribution is 2.23. The Labute approximate surface area is 96.5 Å². The number of carbonyl (C=O) groups excluding carboxylic acids is 1. The lowest BCUT2D eigenvalue weighted by molar-refractivity contribution is -0.122. The first-order chi connectivity index (χ1) is 7.61. The largest absolute Gasteiger partial charge is 0.396 e. The van der Waals surface area contributed by atoms with Crippen LogP contribution in [0.5, 0.6) is 0 Å². The molecule has 1 rings (SSSR count). The van der Waals surface area contributed by atoms with Crippen LogP contribution in [0.4, 0.5) is 11.4 Å². The lowest BCUT2D eigenvalue weighted by Gasteiger charge is -2.23. The van der Waals surface area contributed by atoms with E-state index >= 15 is 0 Å². The molecule has 4 heteroatoms. The number of pyridine rings is 1. The van der Waals surface area contributed by atoms with Crippen LogP contribution in [-0.4, -0.2) is 17.9 Å². The maximum atomic E-state index is 12.1. The van der Waals surface area contributed by atoms with Gasteiger partial charge in [0.2, 0.25) is 5.91 Å². The Hall–Kier alpha value is -1.58. The fourth-order valence-electron chi connectivity index (χ4n) is 1.74. The summed E-state index contributed by atoms with van der Waals surface area (Å²) in [6.07, 6.45) is 4.91. The van der Waals surface area contributed by atoms with Crippen molar-refractivity contribution in [2.45, 2.75) is 26.7 Å². The molecule has 1 aromatic heterocycles. The molecule has 0 aliphatic heterocycles. The minimum atomic E-state index is 0.0672. The van der Waals surface area contributed by atoms with E-state index in [1.165, 1.54) is 0 Å². The smallest absolute Gasteiger partial charge is 0.229 e. The van der Waals surface area contributed by atoms with Crippen molar-refractivity contribution in [2.75, 3.05) is 17.7 Å². The van der Waals surface area contributed by atoms with Gasteiger partial charge in [0.05, 0.1) is 17.6 Å². The van der Waals surface area contributed by atoms with Crippen molar-refractivity contribution in [3.05, 3.63) is 18.5 Å². The molecule has 1 heterocycles. The number of hydrogen-bond acceptors (Lipinski definition) is 3. The normalized spacial score (nSPS) is 10.5. The molecule has 0 radical (unpaired) electrons. The predicted molar refractivity (Wildman–Crippen MR) is 66.1 cm³/mol. The molecule has 1 amide bonds. The number of aromatic nitrogens is 1. The number of carbonyl (C=O) groups is 1. The second-order valence-corrected chi connectivity index (χ2v) is 3.85. The van der Waals surface area contributed by atoms with Gasteiger partial charge in [-0.3, -0.25) is 9.78 Å². The van der Waals surface area contributed by atoms with E-state index in [1.54, 1.807) is 30.4 Å². The number of anilines is 2. The van der Waals surface area contributed by atoms with Gasteiger partial charge in [0.15, 0.2) is 0 Å². The van der Waals surface area contributed by atoms with Gasteiger partial charge in [-0.15, -0.1) is 0 Å². The summed E-state index contributed by atoms with van der Waals surface area (Å²) in [6.45, 7) is 4.05. The molecule has 0 bridgehead atoms. The van der Waals surface area contributed by atoms with Gasteiger partial charge in [-0.25, -0.2) is 0 Å². The standard InChI is InChI=1S/C12H19N3O/c1-4-9(5-2)12(16)15(3)11-6-7-14-8-10(11)13/h6-9H,4-5,13H2,1-3H3. The van der Waals surface area contributed by atoms with Crippen LogP contribution < -0.4 is 10.6 Å². The maximum Gasteiger partial charge on any atom is 0.229 e. The molecule has 4 nitrogen and oxygen atoms in total. The second kappa shape index (κ2) is 5.49. The van der Waals surface area contributed by atoms with Gasteiger partial charge in [0.1, 0.15) is 0 Å². The Morgan fingerprint density at radius 2 is 2.12 bits per heavy atom. The van der Waals surface area contributed by atoms with Crippen LogP contribution in [0.25, 0.3) is 0 Å². The van der Waals surface area contributed by atoms with Gasteiger partial charge in [-0.2, -0.15) is 0 Å². The van der Waals surface area contributed by atoms with E-state index in [4.69, 9.17) is 5.73 Å². The van der Waals surface area contributed by atoms with E-state index < -0.39 is 0 Å². The van der Waals surface area contributed by atoms with E-state index in [0.29, 0.717) is 5.69 Å². The predicted octanol–water partition coefficient (Wildman–Crippen LogP) is 2.06. The van der Waals surface area contributed by atoms with Crippen LogP contribution in [0.1, 0.15) is 26.7 Å². The number of hydrogen-bond donors (Lipinski definition) is 1. The highest BCUT2D eigenvalue weighted by molar-refractivity contribution is 5.96. The van der Waals surface area contributed by atoms with Crippen molar-refractivity contribution in [1.82, 2.24) is 4.98 Å². The molecule has 0 aliphatic rings. The summed E-state index contributed by atoms with van der Waals surface area (Å²) in [5, 5.41) is 0. The van der Waals surface area contributed by atoms with Gasteiger partial charge >= 0.3 is 0 Å². The zero-order valence-electron chi connectivity index (χ0n) is 10.1. The van der Waals surface area contributed by atoms with Gasteiger partial charge < -0.3 is 10.6 Å². The van der Waals surface area contributed by atoms with Crippen molar-refractivity contribution >= 4 is 17.3 Å². The Balaban J connectivity index is 2.90. The highest BCUT2D eigenvalue weighted by Gasteiger charge is 2.20. The first kappa shape index (κ1) is 12.5. The monoisotopic (exact) mass is 221 g/mol. The quantitative estimate of drug-likeness (QED) is 0.846. The average Bonchev–Trinajstić information content (AvgIpc) is 2.30. The molecule has 1 aromatic rings. The SMILES string of the molecule is CCC(CC)C(=O)N(C)c1ccncc1N. The molecule has 0 atom stereocenters. The number of nitrogens with two attached hydrogens (primary N) is 1. The van der Waals surface area contributed by atoms with E-state index in [9.17, 15) is 4.79 Å². The summed E-state index contributed by atoms with van der Waals surface area (Å²) in [5.74, 6) is 0.181. The van der Waals surface area contributed by atoms with Crippen LogP contribution in [0.3, 0.4) is 0 Å². The van der Waals surface area contributed by atoms with Crippen LogP contribution in [-0.2, 0) is 4.79 Å². The van der Waals surface area contributed by atoms with E-state index in [-0.39, 0.29) is 11.8 Å². The third-order valence-corrected chi connectivity index (χ3v) is 2.85. The minimum absolute atomic E-state index is 0.0672. The third kappa shape index (κ3) is 2.51. The van der Waals surface area contributed by atoms with Crippen LogP contribution in [0.2, 0.25) is 0 Å². The molecular weight excluding hydrogens is 202 g/mol. The first-order valence-corrected chi connectivity index (χ1v) is 5.58. The van der Waals surface area contributed by atoms with Gasteiger partial charge in [0.25, 0.3) is 0 Å². The molecular formula is C12H19N3O. The molecule has 0 saturated carbocycles. The van der Waals surface area contributed by atoms with Crippen LogP contribution >= 0.6 is 0 Å². The van der Waals surface area contributed by atoms with E-state index in [2.05, 4.69) is 4.98 Å². The van der Waals surface area contributed by atoms with Crippen molar-refractivity contribution in [3.63, 3.8) is 0 Å². The number of amides is 1. The highest BCUT2D eigenvalue weighted by atomic mass is 16.2. The zero-order valence-corrected chi connectivity index (χ0v) is 10.1. The molecule has 0 spiro atoms. The van der Waals surface area contributed by atoms with Crippen molar-refractivity contribution in [1.29, 1.82) is 0 Å². The fourth-order valence-corrected chi connectivity index (χ4v) is 1.74. The summed E-state index contributed by atoms with van der Waals surface area (Å²) in [7, 11) is 1.76. The van der Waals surface area contributed by atoms with Crippen LogP contribution in [0.15, 0.2) is 18.5 Å². The molecule has 0 aromatic carbocycles. The zero-order chi connectivity index (χ0) is 12.1. The van der Waals surface area contributed by atoms with Gasteiger partial charge in [-0.05, 0) is 18.9 Å². The molecule has 16 heavy (non-hydrogen) atoms. The molecule has 0 unspecified atom stereocenters. The number of rotatable bonds is 4. The Morgan fingerprint density at radius 1 is 1.50 bits per heavy atom.